The number of amides is 3. The summed E-state index contributed by atoms with van der Waals surface area (Å²) >= 11 is 0. The first kappa shape index (κ1) is 14.9. The molecule has 6 nitrogen and oxygen atoms in total. The topological polar surface area (TPSA) is 74.6 Å². The van der Waals surface area contributed by atoms with E-state index < -0.39 is 0 Å². The predicted octanol–water partition coefficient (Wildman–Crippen LogP) is 1.97. The van der Waals surface area contributed by atoms with E-state index in [2.05, 4.69) is 10.6 Å². The monoisotopic (exact) mass is 305 g/mol. The summed E-state index contributed by atoms with van der Waals surface area (Å²) in [6.07, 6.45) is 7.04. The van der Waals surface area contributed by atoms with Crippen LogP contribution in [0.15, 0.2) is 16.7 Å². The number of urea groups is 1. The Morgan fingerprint density at radius 3 is 3.09 bits per heavy atom. The number of carbonyl (C=O) groups excluding carboxylic acids is 2. The van der Waals surface area contributed by atoms with E-state index in [1.54, 1.807) is 6.26 Å². The van der Waals surface area contributed by atoms with Crippen LogP contribution in [-0.2, 0) is 11.2 Å². The molecule has 0 saturated carbocycles. The zero-order chi connectivity index (χ0) is 15.4. The summed E-state index contributed by atoms with van der Waals surface area (Å²) < 4.78 is 5.42. The van der Waals surface area contributed by atoms with Gasteiger partial charge < -0.3 is 20.0 Å². The van der Waals surface area contributed by atoms with Crippen LogP contribution in [0.2, 0.25) is 0 Å². The molecule has 6 heteroatoms. The molecular weight excluding hydrogens is 282 g/mol. The maximum atomic E-state index is 12.0. The van der Waals surface area contributed by atoms with Crippen molar-refractivity contribution in [3.63, 3.8) is 0 Å². The lowest BCUT2D eigenvalue weighted by Crippen LogP contribution is -2.40. The van der Waals surface area contributed by atoms with Gasteiger partial charge in [0.15, 0.2) is 0 Å². The van der Waals surface area contributed by atoms with Gasteiger partial charge in [-0.2, -0.15) is 0 Å². The Morgan fingerprint density at radius 2 is 2.27 bits per heavy atom. The van der Waals surface area contributed by atoms with Crippen molar-refractivity contribution in [3.05, 3.63) is 23.7 Å². The van der Waals surface area contributed by atoms with E-state index in [1.165, 1.54) is 0 Å². The molecule has 22 heavy (non-hydrogen) atoms. The van der Waals surface area contributed by atoms with E-state index in [-0.39, 0.29) is 18.0 Å². The summed E-state index contributed by atoms with van der Waals surface area (Å²) in [5.74, 6) is 1.23. The van der Waals surface area contributed by atoms with E-state index in [1.807, 2.05) is 11.0 Å². The summed E-state index contributed by atoms with van der Waals surface area (Å²) in [6, 6.07) is 1.84. The van der Waals surface area contributed by atoms with Crippen molar-refractivity contribution in [1.82, 2.24) is 15.5 Å². The molecule has 2 aliphatic rings. The van der Waals surface area contributed by atoms with Crippen LogP contribution in [-0.4, -0.2) is 36.5 Å². The van der Waals surface area contributed by atoms with Gasteiger partial charge in [0, 0.05) is 38.0 Å². The van der Waals surface area contributed by atoms with Crippen LogP contribution in [0, 0.1) is 0 Å². The molecule has 0 spiro atoms. The summed E-state index contributed by atoms with van der Waals surface area (Å²) in [5, 5.41) is 5.88. The van der Waals surface area contributed by atoms with Crippen molar-refractivity contribution in [1.29, 1.82) is 0 Å². The molecule has 2 heterocycles. The standard InChI is InChI=1S/C16H23N3O3/c20-15-6-2-9-19(15)10-3-8-17-16(21)18-13-4-1-5-14-12(13)7-11-22-14/h7,11,13H,1-6,8-10H2,(H2,17,18,21). The maximum absolute atomic E-state index is 12.0. The molecule has 1 fully saturated rings. The molecular formula is C16H23N3O3. The van der Waals surface area contributed by atoms with Crippen LogP contribution in [0.4, 0.5) is 4.79 Å². The average molecular weight is 305 g/mol. The molecule has 3 rings (SSSR count). The minimum Gasteiger partial charge on any atom is -0.469 e. The second kappa shape index (κ2) is 6.85. The molecule has 2 N–H and O–H groups in total. The van der Waals surface area contributed by atoms with Gasteiger partial charge in [-0.15, -0.1) is 0 Å². The molecule has 0 radical (unpaired) electrons. The molecule has 1 atom stereocenters. The Kier molecular flexibility index (Phi) is 4.65. The number of nitrogens with zero attached hydrogens (tertiary/aromatic N) is 1. The molecule has 1 aromatic heterocycles. The number of hydrogen-bond acceptors (Lipinski definition) is 3. The highest BCUT2D eigenvalue weighted by molar-refractivity contribution is 5.78. The number of nitrogens with one attached hydrogen (secondary N) is 2. The molecule has 1 saturated heterocycles. The molecule has 1 aliphatic carbocycles. The van der Waals surface area contributed by atoms with Crippen molar-refractivity contribution >= 4 is 11.9 Å². The van der Waals surface area contributed by atoms with Crippen LogP contribution >= 0.6 is 0 Å². The lowest BCUT2D eigenvalue weighted by Gasteiger charge is -2.23. The number of hydrogen-bond donors (Lipinski definition) is 2. The highest BCUT2D eigenvalue weighted by atomic mass is 16.3. The number of fused-ring (bicyclic) bond motifs is 1. The number of carbonyl (C=O) groups is 2. The third kappa shape index (κ3) is 3.43. The normalized spacial score (nSPS) is 20.8. The molecule has 3 amide bonds. The Bertz CT molecular complexity index is 540. The van der Waals surface area contributed by atoms with Crippen molar-refractivity contribution in [2.75, 3.05) is 19.6 Å². The van der Waals surface area contributed by atoms with Crippen LogP contribution in [0.5, 0.6) is 0 Å². The first-order chi connectivity index (χ1) is 10.7. The lowest BCUT2D eigenvalue weighted by molar-refractivity contribution is -0.127. The third-order valence-corrected chi connectivity index (χ3v) is 4.42. The van der Waals surface area contributed by atoms with Crippen LogP contribution in [0.25, 0.3) is 0 Å². The summed E-state index contributed by atoms with van der Waals surface area (Å²) in [7, 11) is 0. The number of furan rings is 1. The van der Waals surface area contributed by atoms with Crippen LogP contribution in [0.3, 0.4) is 0 Å². The molecule has 1 aromatic rings. The second-order valence-electron chi connectivity index (χ2n) is 5.98. The fourth-order valence-corrected chi connectivity index (χ4v) is 3.26. The highest BCUT2D eigenvalue weighted by Gasteiger charge is 2.24. The Labute approximate surface area is 130 Å². The number of likely N-dealkylation sites (tertiary alicyclic amines) is 1. The van der Waals surface area contributed by atoms with Gasteiger partial charge in [-0.3, -0.25) is 4.79 Å². The second-order valence-corrected chi connectivity index (χ2v) is 5.98. The Hall–Kier alpha value is -1.98. The van der Waals surface area contributed by atoms with E-state index in [4.69, 9.17) is 4.42 Å². The van der Waals surface area contributed by atoms with Gasteiger partial charge >= 0.3 is 6.03 Å². The fourth-order valence-electron chi connectivity index (χ4n) is 3.26. The highest BCUT2D eigenvalue weighted by Crippen LogP contribution is 2.30. The Balaban J connectivity index is 1.37. The van der Waals surface area contributed by atoms with Gasteiger partial charge in [0.25, 0.3) is 0 Å². The summed E-state index contributed by atoms with van der Waals surface area (Å²) in [5.41, 5.74) is 1.10. The number of rotatable bonds is 5. The molecule has 0 bridgehead atoms. The average Bonchev–Trinajstić information content (AvgIpc) is 3.13. The summed E-state index contributed by atoms with van der Waals surface area (Å²) in [6.45, 7) is 2.17. The van der Waals surface area contributed by atoms with Crippen molar-refractivity contribution in [3.8, 4) is 0 Å². The fraction of sp³-hybridized carbons (Fsp3) is 0.625. The van der Waals surface area contributed by atoms with Gasteiger partial charge in [-0.05, 0) is 31.7 Å². The zero-order valence-electron chi connectivity index (χ0n) is 12.8. The van der Waals surface area contributed by atoms with Gasteiger partial charge in [0.2, 0.25) is 5.91 Å². The minimum atomic E-state index is -0.146. The van der Waals surface area contributed by atoms with Crippen LogP contribution < -0.4 is 10.6 Å². The van der Waals surface area contributed by atoms with Crippen molar-refractivity contribution < 1.29 is 14.0 Å². The lowest BCUT2D eigenvalue weighted by atomic mass is 9.93. The quantitative estimate of drug-likeness (QED) is 0.817. The van der Waals surface area contributed by atoms with E-state index in [9.17, 15) is 9.59 Å². The number of aryl methyl sites for hydroxylation is 1. The smallest absolute Gasteiger partial charge is 0.315 e. The van der Waals surface area contributed by atoms with E-state index in [0.717, 1.165) is 56.5 Å². The van der Waals surface area contributed by atoms with Crippen molar-refractivity contribution in [2.24, 2.45) is 0 Å². The SMILES string of the molecule is O=C(NCCCN1CCCC1=O)NC1CCCc2occc21. The van der Waals surface area contributed by atoms with Crippen molar-refractivity contribution in [2.45, 2.75) is 44.6 Å². The van der Waals surface area contributed by atoms with E-state index in [0.29, 0.717) is 13.0 Å². The van der Waals surface area contributed by atoms with Gasteiger partial charge in [-0.25, -0.2) is 4.79 Å². The zero-order valence-corrected chi connectivity index (χ0v) is 12.8. The Morgan fingerprint density at radius 1 is 1.36 bits per heavy atom. The van der Waals surface area contributed by atoms with Gasteiger partial charge in [-0.1, -0.05) is 0 Å². The minimum absolute atomic E-state index is 0.0441. The van der Waals surface area contributed by atoms with Gasteiger partial charge in [0.05, 0.1) is 12.3 Å². The molecule has 0 aromatic carbocycles. The first-order valence-corrected chi connectivity index (χ1v) is 8.12. The van der Waals surface area contributed by atoms with E-state index >= 15 is 0 Å². The largest absolute Gasteiger partial charge is 0.469 e. The maximum Gasteiger partial charge on any atom is 0.315 e. The summed E-state index contributed by atoms with van der Waals surface area (Å²) in [4.78, 5) is 25.3. The van der Waals surface area contributed by atoms with Crippen LogP contribution in [0.1, 0.15) is 49.5 Å². The predicted molar refractivity (Wildman–Crippen MR) is 81.4 cm³/mol. The van der Waals surface area contributed by atoms with Gasteiger partial charge in [0.1, 0.15) is 5.76 Å². The first-order valence-electron chi connectivity index (χ1n) is 8.12. The third-order valence-electron chi connectivity index (χ3n) is 4.42. The molecule has 1 aliphatic heterocycles. The molecule has 1 unspecified atom stereocenters. The molecule has 120 valence electrons.